The number of aliphatic hydroxyl groups excluding tert-OH is 1. The molecular formula is C7H11NO3. The zero-order valence-electron chi connectivity index (χ0n) is 6.55. The maximum atomic E-state index is 10.8. The van der Waals surface area contributed by atoms with E-state index in [1.54, 1.807) is 6.92 Å². The van der Waals surface area contributed by atoms with Gasteiger partial charge in [-0.05, 0) is 13.8 Å². The number of esters is 1. The van der Waals surface area contributed by atoms with Gasteiger partial charge in [0, 0.05) is 6.21 Å². The molecule has 2 N–H and O–H groups in total. The van der Waals surface area contributed by atoms with Gasteiger partial charge in [-0.1, -0.05) is 0 Å². The molecule has 0 fully saturated rings. The van der Waals surface area contributed by atoms with Crippen LogP contribution in [-0.4, -0.2) is 23.9 Å². The molecule has 11 heavy (non-hydrogen) atoms. The topological polar surface area (TPSA) is 70.4 Å². The molecule has 0 aromatic rings. The molecule has 0 saturated carbocycles. The molecule has 0 bridgehead atoms. The third kappa shape index (κ3) is 2.84. The first-order chi connectivity index (χ1) is 5.13. The Bertz CT molecular complexity index is 192. The van der Waals surface area contributed by atoms with Crippen LogP contribution in [-0.2, 0) is 9.53 Å². The predicted molar refractivity (Wildman–Crippen MR) is 40.7 cm³/mol. The van der Waals surface area contributed by atoms with Crippen molar-refractivity contribution >= 4 is 12.2 Å². The summed E-state index contributed by atoms with van der Waals surface area (Å²) in [5.41, 5.74) is -0.105. The molecule has 0 saturated heterocycles. The van der Waals surface area contributed by atoms with E-state index in [1.807, 2.05) is 0 Å². The van der Waals surface area contributed by atoms with Crippen LogP contribution in [0, 0.1) is 5.41 Å². The fourth-order valence-corrected chi connectivity index (χ4v) is 0.520. The van der Waals surface area contributed by atoms with Gasteiger partial charge in [0.15, 0.2) is 0 Å². The van der Waals surface area contributed by atoms with Gasteiger partial charge in [0.25, 0.3) is 0 Å². The van der Waals surface area contributed by atoms with Gasteiger partial charge in [0.05, 0.1) is 6.61 Å². The van der Waals surface area contributed by atoms with Crippen LogP contribution in [0.3, 0.4) is 0 Å². The minimum Gasteiger partial charge on any atom is -0.512 e. The second-order valence-electron chi connectivity index (χ2n) is 1.86. The van der Waals surface area contributed by atoms with Crippen molar-refractivity contribution in [1.82, 2.24) is 0 Å². The molecule has 0 unspecified atom stereocenters. The van der Waals surface area contributed by atoms with Crippen LogP contribution in [0.5, 0.6) is 0 Å². The summed E-state index contributed by atoms with van der Waals surface area (Å²) in [6.07, 6.45) is 0.771. The molecule has 0 atom stereocenters. The minimum absolute atomic E-state index is 0.105. The van der Waals surface area contributed by atoms with Gasteiger partial charge in [-0.25, -0.2) is 4.79 Å². The summed E-state index contributed by atoms with van der Waals surface area (Å²) in [5.74, 6) is -0.860. The van der Waals surface area contributed by atoms with Gasteiger partial charge >= 0.3 is 5.97 Å². The molecule has 0 aliphatic rings. The first-order valence-electron chi connectivity index (χ1n) is 3.20. The lowest BCUT2D eigenvalue weighted by Crippen LogP contribution is -2.10. The molecule has 0 aliphatic carbocycles. The fourth-order valence-electron chi connectivity index (χ4n) is 0.520. The van der Waals surface area contributed by atoms with Crippen LogP contribution in [0.15, 0.2) is 11.3 Å². The van der Waals surface area contributed by atoms with Crippen molar-refractivity contribution in [2.24, 2.45) is 0 Å². The van der Waals surface area contributed by atoms with Gasteiger partial charge < -0.3 is 15.3 Å². The molecular weight excluding hydrogens is 146 g/mol. The van der Waals surface area contributed by atoms with Crippen LogP contribution >= 0.6 is 0 Å². The number of aliphatic hydroxyl groups is 1. The highest BCUT2D eigenvalue weighted by atomic mass is 16.5. The monoisotopic (exact) mass is 157 g/mol. The highest BCUT2D eigenvalue weighted by Gasteiger charge is 2.10. The lowest BCUT2D eigenvalue weighted by molar-refractivity contribution is -0.138. The number of ether oxygens (including phenoxy) is 1. The number of hydrogen-bond acceptors (Lipinski definition) is 4. The Balaban J connectivity index is 4.40. The largest absolute Gasteiger partial charge is 0.512 e. The number of nitrogens with one attached hydrogen (secondary N) is 1. The van der Waals surface area contributed by atoms with E-state index in [0.29, 0.717) is 0 Å². The zero-order valence-corrected chi connectivity index (χ0v) is 6.55. The van der Waals surface area contributed by atoms with E-state index in [-0.39, 0.29) is 17.9 Å². The quantitative estimate of drug-likeness (QED) is 0.278. The Morgan fingerprint density at radius 2 is 2.27 bits per heavy atom. The van der Waals surface area contributed by atoms with E-state index in [9.17, 15) is 4.79 Å². The van der Waals surface area contributed by atoms with Crippen molar-refractivity contribution in [3.8, 4) is 0 Å². The number of allylic oxidation sites excluding steroid dienone is 1. The summed E-state index contributed by atoms with van der Waals surface area (Å²) in [5, 5.41) is 15.6. The maximum absolute atomic E-state index is 10.8. The number of carbonyl (C=O) groups is 1. The van der Waals surface area contributed by atoms with E-state index in [0.717, 1.165) is 6.21 Å². The molecule has 4 nitrogen and oxygen atoms in total. The molecule has 0 amide bonds. The first-order valence-corrected chi connectivity index (χ1v) is 3.20. The maximum Gasteiger partial charge on any atom is 0.343 e. The Morgan fingerprint density at radius 3 is 2.55 bits per heavy atom. The Labute approximate surface area is 65.0 Å². The zero-order chi connectivity index (χ0) is 8.85. The number of rotatable bonds is 3. The average molecular weight is 157 g/mol. The molecule has 0 heterocycles. The molecule has 4 heteroatoms. The van der Waals surface area contributed by atoms with E-state index < -0.39 is 5.97 Å². The van der Waals surface area contributed by atoms with Gasteiger partial charge in [0.1, 0.15) is 11.3 Å². The summed E-state index contributed by atoms with van der Waals surface area (Å²) in [6, 6.07) is 0. The second-order valence-corrected chi connectivity index (χ2v) is 1.86. The lowest BCUT2D eigenvalue weighted by Gasteiger charge is -2.01. The molecule has 0 radical (unpaired) electrons. The Hall–Kier alpha value is -1.32. The normalized spacial score (nSPS) is 11.8. The average Bonchev–Trinajstić information content (AvgIpc) is 1.88. The van der Waals surface area contributed by atoms with Gasteiger partial charge in [-0.15, -0.1) is 0 Å². The molecule has 62 valence electrons. The summed E-state index contributed by atoms with van der Waals surface area (Å²) in [7, 11) is 0. The standard InChI is InChI=1S/C7H11NO3/c1-3-11-7(10)6(4-8)5(2)9/h4,8-9H,3H2,1-2H3/b6-5-,8-4?. The van der Waals surface area contributed by atoms with E-state index in [4.69, 9.17) is 10.5 Å². The minimum atomic E-state index is -0.664. The number of hydrogen-bond donors (Lipinski definition) is 2. The lowest BCUT2D eigenvalue weighted by atomic mass is 10.2. The van der Waals surface area contributed by atoms with Crippen LogP contribution in [0.1, 0.15) is 13.8 Å². The van der Waals surface area contributed by atoms with Crippen molar-refractivity contribution in [1.29, 1.82) is 5.41 Å². The first kappa shape index (κ1) is 9.68. The third-order valence-electron chi connectivity index (χ3n) is 1.03. The van der Waals surface area contributed by atoms with E-state index in [1.165, 1.54) is 6.92 Å². The summed E-state index contributed by atoms with van der Waals surface area (Å²) in [6.45, 7) is 3.23. The molecule has 0 spiro atoms. The van der Waals surface area contributed by atoms with E-state index in [2.05, 4.69) is 4.74 Å². The molecule has 0 rings (SSSR count). The SMILES string of the molecule is CCOC(=O)/C(C=N)=C(/C)O. The van der Waals surface area contributed by atoms with E-state index >= 15 is 0 Å². The van der Waals surface area contributed by atoms with Gasteiger partial charge in [-0.3, -0.25) is 0 Å². The van der Waals surface area contributed by atoms with Gasteiger partial charge in [-0.2, -0.15) is 0 Å². The van der Waals surface area contributed by atoms with Crippen molar-refractivity contribution in [2.45, 2.75) is 13.8 Å². The van der Waals surface area contributed by atoms with Gasteiger partial charge in [0.2, 0.25) is 0 Å². The Kier molecular flexibility index (Phi) is 3.95. The van der Waals surface area contributed by atoms with Crippen molar-refractivity contribution in [2.75, 3.05) is 6.61 Å². The molecule has 0 aliphatic heterocycles. The van der Waals surface area contributed by atoms with Crippen molar-refractivity contribution < 1.29 is 14.6 Å². The molecule has 0 aromatic carbocycles. The van der Waals surface area contributed by atoms with Crippen LogP contribution in [0.2, 0.25) is 0 Å². The van der Waals surface area contributed by atoms with Crippen LogP contribution in [0.4, 0.5) is 0 Å². The summed E-state index contributed by atoms with van der Waals surface area (Å²) >= 11 is 0. The predicted octanol–water partition coefficient (Wildman–Crippen LogP) is 1.03. The number of carbonyl (C=O) groups excluding carboxylic acids is 1. The van der Waals surface area contributed by atoms with Crippen molar-refractivity contribution in [3.05, 3.63) is 11.3 Å². The van der Waals surface area contributed by atoms with Crippen molar-refractivity contribution in [3.63, 3.8) is 0 Å². The second kappa shape index (κ2) is 4.49. The highest BCUT2D eigenvalue weighted by molar-refractivity contribution is 6.08. The summed E-state index contributed by atoms with van der Waals surface area (Å²) < 4.78 is 4.55. The summed E-state index contributed by atoms with van der Waals surface area (Å²) in [4.78, 5) is 10.8. The fraction of sp³-hybridized carbons (Fsp3) is 0.429. The highest BCUT2D eigenvalue weighted by Crippen LogP contribution is 1.99. The molecule has 0 aromatic heterocycles. The third-order valence-corrected chi connectivity index (χ3v) is 1.03. The van der Waals surface area contributed by atoms with Crippen LogP contribution in [0.25, 0.3) is 0 Å². The Morgan fingerprint density at radius 1 is 1.73 bits per heavy atom. The smallest absolute Gasteiger partial charge is 0.343 e. The van der Waals surface area contributed by atoms with Crippen LogP contribution < -0.4 is 0 Å².